The standard InChI is InChI=1S/C17H21NS/c1-4-18(5-2)15-8-12-17(13-9-15)19-16-10-6-14(3)7-11-16/h6-13H,4-5H2,1-3H3. The quantitative estimate of drug-likeness (QED) is 0.753. The Labute approximate surface area is 120 Å². The van der Waals surface area contributed by atoms with E-state index in [0.29, 0.717) is 0 Å². The molecule has 0 aliphatic carbocycles. The lowest BCUT2D eigenvalue weighted by Crippen LogP contribution is -2.21. The lowest BCUT2D eigenvalue weighted by molar-refractivity contribution is 0.865. The van der Waals surface area contributed by atoms with Gasteiger partial charge in [0.25, 0.3) is 0 Å². The topological polar surface area (TPSA) is 3.24 Å². The van der Waals surface area contributed by atoms with Crippen molar-refractivity contribution in [3.8, 4) is 0 Å². The summed E-state index contributed by atoms with van der Waals surface area (Å²) in [6.07, 6.45) is 0. The van der Waals surface area contributed by atoms with Gasteiger partial charge in [0.05, 0.1) is 0 Å². The number of rotatable bonds is 5. The predicted octanol–water partition coefficient (Wildman–Crippen LogP) is 4.99. The molecule has 2 aromatic rings. The maximum Gasteiger partial charge on any atom is 0.0366 e. The van der Waals surface area contributed by atoms with Gasteiger partial charge >= 0.3 is 0 Å². The molecular weight excluding hydrogens is 250 g/mol. The summed E-state index contributed by atoms with van der Waals surface area (Å²) in [5.74, 6) is 0. The summed E-state index contributed by atoms with van der Waals surface area (Å²) in [5.41, 5.74) is 2.61. The SMILES string of the molecule is CCN(CC)c1ccc(Sc2ccc(C)cc2)cc1. The third kappa shape index (κ3) is 3.77. The first-order chi connectivity index (χ1) is 9.22. The molecule has 0 aromatic heterocycles. The Kier molecular flexibility index (Phi) is 4.92. The van der Waals surface area contributed by atoms with Crippen LogP contribution >= 0.6 is 11.8 Å². The number of anilines is 1. The van der Waals surface area contributed by atoms with Crippen LogP contribution in [0.3, 0.4) is 0 Å². The number of hydrogen-bond acceptors (Lipinski definition) is 2. The molecule has 2 heteroatoms. The van der Waals surface area contributed by atoms with Crippen molar-refractivity contribution in [1.82, 2.24) is 0 Å². The van der Waals surface area contributed by atoms with Crippen molar-refractivity contribution in [3.63, 3.8) is 0 Å². The van der Waals surface area contributed by atoms with E-state index in [9.17, 15) is 0 Å². The molecule has 0 atom stereocenters. The van der Waals surface area contributed by atoms with E-state index in [4.69, 9.17) is 0 Å². The highest BCUT2D eigenvalue weighted by Gasteiger charge is 2.02. The molecule has 0 spiro atoms. The average molecular weight is 271 g/mol. The highest BCUT2D eigenvalue weighted by Crippen LogP contribution is 2.29. The number of nitrogens with zero attached hydrogens (tertiary/aromatic N) is 1. The largest absolute Gasteiger partial charge is 0.372 e. The van der Waals surface area contributed by atoms with Crippen LogP contribution in [-0.2, 0) is 0 Å². The molecule has 0 saturated heterocycles. The molecule has 0 saturated carbocycles. The van der Waals surface area contributed by atoms with Gasteiger partial charge in [-0.05, 0) is 57.2 Å². The van der Waals surface area contributed by atoms with Crippen LogP contribution in [0, 0.1) is 6.92 Å². The van der Waals surface area contributed by atoms with E-state index in [-0.39, 0.29) is 0 Å². The average Bonchev–Trinajstić information content (AvgIpc) is 2.44. The van der Waals surface area contributed by atoms with Gasteiger partial charge in [0.2, 0.25) is 0 Å². The molecular formula is C17H21NS. The normalized spacial score (nSPS) is 10.5. The minimum Gasteiger partial charge on any atom is -0.372 e. The smallest absolute Gasteiger partial charge is 0.0366 e. The van der Waals surface area contributed by atoms with E-state index in [1.54, 1.807) is 0 Å². The molecule has 0 amide bonds. The van der Waals surface area contributed by atoms with Crippen LogP contribution in [0.2, 0.25) is 0 Å². The number of benzene rings is 2. The van der Waals surface area contributed by atoms with Gasteiger partial charge in [0.1, 0.15) is 0 Å². The van der Waals surface area contributed by atoms with Crippen LogP contribution in [0.15, 0.2) is 58.3 Å². The Morgan fingerprint density at radius 1 is 0.789 bits per heavy atom. The van der Waals surface area contributed by atoms with E-state index >= 15 is 0 Å². The van der Waals surface area contributed by atoms with E-state index in [0.717, 1.165) is 13.1 Å². The van der Waals surface area contributed by atoms with Crippen molar-refractivity contribution >= 4 is 17.4 Å². The molecule has 0 radical (unpaired) electrons. The van der Waals surface area contributed by atoms with Gasteiger partial charge in [-0.1, -0.05) is 29.5 Å². The summed E-state index contributed by atoms with van der Waals surface area (Å²) in [6.45, 7) is 8.62. The zero-order valence-electron chi connectivity index (χ0n) is 11.9. The summed E-state index contributed by atoms with van der Waals surface area (Å²) in [4.78, 5) is 4.95. The maximum absolute atomic E-state index is 2.36. The van der Waals surface area contributed by atoms with Gasteiger partial charge in [0.15, 0.2) is 0 Å². The molecule has 1 nitrogen and oxygen atoms in total. The van der Waals surface area contributed by atoms with Crippen LogP contribution < -0.4 is 4.90 Å². The van der Waals surface area contributed by atoms with E-state index < -0.39 is 0 Å². The summed E-state index contributed by atoms with van der Waals surface area (Å²) >= 11 is 1.81. The Balaban J connectivity index is 2.08. The van der Waals surface area contributed by atoms with Crippen LogP contribution in [0.5, 0.6) is 0 Å². The van der Waals surface area contributed by atoms with Gasteiger partial charge in [-0.2, -0.15) is 0 Å². The fraction of sp³-hybridized carbons (Fsp3) is 0.294. The molecule has 0 bridgehead atoms. The second-order valence-electron chi connectivity index (χ2n) is 4.58. The van der Waals surface area contributed by atoms with Crippen LogP contribution in [0.1, 0.15) is 19.4 Å². The second kappa shape index (κ2) is 6.67. The lowest BCUT2D eigenvalue weighted by Gasteiger charge is -2.21. The van der Waals surface area contributed by atoms with Crippen LogP contribution in [0.4, 0.5) is 5.69 Å². The molecule has 0 unspecified atom stereocenters. The fourth-order valence-electron chi connectivity index (χ4n) is 2.06. The second-order valence-corrected chi connectivity index (χ2v) is 5.73. The minimum absolute atomic E-state index is 1.06. The van der Waals surface area contributed by atoms with Crippen molar-refractivity contribution < 1.29 is 0 Å². The van der Waals surface area contributed by atoms with Crippen molar-refractivity contribution in [3.05, 3.63) is 54.1 Å². The Hall–Kier alpha value is -1.41. The fourth-order valence-corrected chi connectivity index (χ4v) is 2.87. The summed E-state index contributed by atoms with van der Waals surface area (Å²) in [6, 6.07) is 17.5. The molecule has 0 heterocycles. The summed E-state index contributed by atoms with van der Waals surface area (Å²) in [5, 5.41) is 0. The van der Waals surface area contributed by atoms with Crippen LogP contribution in [-0.4, -0.2) is 13.1 Å². The highest BCUT2D eigenvalue weighted by molar-refractivity contribution is 7.99. The van der Waals surface area contributed by atoms with Gasteiger partial charge in [-0.25, -0.2) is 0 Å². The zero-order chi connectivity index (χ0) is 13.7. The molecule has 2 rings (SSSR count). The Morgan fingerprint density at radius 3 is 1.74 bits per heavy atom. The molecule has 0 N–H and O–H groups in total. The van der Waals surface area contributed by atoms with Crippen molar-refractivity contribution in [2.24, 2.45) is 0 Å². The molecule has 19 heavy (non-hydrogen) atoms. The first kappa shape index (κ1) is 14.0. The summed E-state index contributed by atoms with van der Waals surface area (Å²) < 4.78 is 0. The Morgan fingerprint density at radius 2 is 1.26 bits per heavy atom. The number of hydrogen-bond donors (Lipinski definition) is 0. The van der Waals surface area contributed by atoms with E-state index in [1.165, 1.54) is 21.0 Å². The van der Waals surface area contributed by atoms with Crippen molar-refractivity contribution in [2.45, 2.75) is 30.6 Å². The maximum atomic E-state index is 2.36. The molecule has 100 valence electrons. The molecule has 0 fully saturated rings. The minimum atomic E-state index is 1.06. The van der Waals surface area contributed by atoms with Gasteiger partial charge < -0.3 is 4.90 Å². The monoisotopic (exact) mass is 271 g/mol. The Bertz CT molecular complexity index is 498. The van der Waals surface area contributed by atoms with Gasteiger partial charge in [-0.3, -0.25) is 0 Å². The first-order valence-corrected chi connectivity index (χ1v) is 7.64. The highest BCUT2D eigenvalue weighted by atomic mass is 32.2. The van der Waals surface area contributed by atoms with Gasteiger partial charge in [0, 0.05) is 28.6 Å². The predicted molar refractivity (Wildman–Crippen MR) is 85.3 cm³/mol. The van der Waals surface area contributed by atoms with Gasteiger partial charge in [-0.15, -0.1) is 0 Å². The molecule has 0 aliphatic rings. The third-order valence-electron chi connectivity index (χ3n) is 3.22. The number of aryl methyl sites for hydroxylation is 1. The van der Waals surface area contributed by atoms with Crippen molar-refractivity contribution in [2.75, 3.05) is 18.0 Å². The first-order valence-electron chi connectivity index (χ1n) is 6.82. The third-order valence-corrected chi connectivity index (χ3v) is 4.24. The molecule has 0 aliphatic heterocycles. The van der Waals surface area contributed by atoms with Crippen LogP contribution in [0.25, 0.3) is 0 Å². The van der Waals surface area contributed by atoms with E-state index in [2.05, 4.69) is 74.2 Å². The lowest BCUT2D eigenvalue weighted by atomic mass is 10.2. The van der Waals surface area contributed by atoms with Crippen molar-refractivity contribution in [1.29, 1.82) is 0 Å². The molecule has 2 aromatic carbocycles. The van der Waals surface area contributed by atoms with E-state index in [1.807, 2.05) is 11.8 Å². The zero-order valence-corrected chi connectivity index (χ0v) is 12.7. The summed E-state index contributed by atoms with van der Waals surface area (Å²) in [7, 11) is 0.